The predicted molar refractivity (Wildman–Crippen MR) is 123 cm³/mol. The van der Waals surface area contributed by atoms with Crippen LogP contribution < -0.4 is 5.56 Å². The molecule has 1 fully saturated rings. The molecule has 7 nitrogen and oxygen atoms in total. The Labute approximate surface area is 193 Å². The van der Waals surface area contributed by atoms with Crippen molar-refractivity contribution in [1.82, 2.24) is 19.9 Å². The Hall–Kier alpha value is -2.97. The lowest BCUT2D eigenvalue weighted by Crippen LogP contribution is -2.38. The summed E-state index contributed by atoms with van der Waals surface area (Å²) in [6.45, 7) is 2.41. The largest absolute Gasteiger partial charge is 0.443 e. The Kier molecular flexibility index (Phi) is 5.57. The minimum absolute atomic E-state index is 0.111. The number of nitrogens with one attached hydrogen (secondary N) is 1. The first kappa shape index (κ1) is 20.9. The number of piperidine rings is 1. The monoisotopic (exact) mass is 468 g/mol. The van der Waals surface area contributed by atoms with E-state index >= 15 is 0 Å². The third kappa shape index (κ3) is 3.73. The molecule has 5 rings (SSSR count). The van der Waals surface area contributed by atoms with E-state index in [1.54, 1.807) is 13.1 Å². The van der Waals surface area contributed by atoms with Gasteiger partial charge in [-0.15, -0.1) is 11.3 Å². The lowest BCUT2D eigenvalue weighted by atomic mass is 10.0. The third-order valence-corrected chi connectivity index (χ3v) is 7.43. The van der Waals surface area contributed by atoms with Crippen LogP contribution in [0.4, 0.5) is 0 Å². The molecule has 0 saturated carbocycles. The summed E-state index contributed by atoms with van der Waals surface area (Å²) in [6, 6.07) is 7.40. The average molecular weight is 469 g/mol. The van der Waals surface area contributed by atoms with Crippen molar-refractivity contribution in [1.29, 1.82) is 0 Å². The van der Waals surface area contributed by atoms with Gasteiger partial charge in [-0.2, -0.15) is 0 Å². The van der Waals surface area contributed by atoms with E-state index in [-0.39, 0.29) is 17.5 Å². The summed E-state index contributed by atoms with van der Waals surface area (Å²) in [7, 11) is 0. The number of thiophene rings is 1. The lowest BCUT2D eigenvalue weighted by Gasteiger charge is -2.33. The molecule has 0 spiro atoms. The summed E-state index contributed by atoms with van der Waals surface area (Å²) < 4.78 is 6.08. The molecule has 0 unspecified atom stereocenters. The number of carbonyl (C=O) groups excluding carboxylic acids is 1. The van der Waals surface area contributed by atoms with Crippen LogP contribution in [0.3, 0.4) is 0 Å². The maximum atomic E-state index is 13.5. The van der Waals surface area contributed by atoms with Gasteiger partial charge in [-0.25, -0.2) is 9.97 Å². The molecule has 1 aliphatic rings. The van der Waals surface area contributed by atoms with E-state index < -0.39 is 0 Å². The van der Waals surface area contributed by atoms with Crippen molar-refractivity contribution in [3.05, 3.63) is 79.8 Å². The van der Waals surface area contributed by atoms with Gasteiger partial charge in [0.25, 0.3) is 11.5 Å². The molecular formula is C23H21ClN4O3S. The van der Waals surface area contributed by atoms with Crippen molar-refractivity contribution in [2.75, 3.05) is 6.54 Å². The molecule has 0 aliphatic carbocycles. The summed E-state index contributed by atoms with van der Waals surface area (Å²) in [5.41, 5.74) is 1.41. The summed E-state index contributed by atoms with van der Waals surface area (Å²) >= 11 is 7.54. The number of aromatic amines is 1. The maximum absolute atomic E-state index is 13.5. The number of carbonyl (C=O) groups is 1. The molecule has 3 aromatic heterocycles. The zero-order valence-corrected chi connectivity index (χ0v) is 19.0. The average Bonchev–Trinajstić information content (AvgIpc) is 3.40. The van der Waals surface area contributed by atoms with E-state index in [0.717, 1.165) is 24.8 Å². The zero-order valence-electron chi connectivity index (χ0n) is 17.4. The summed E-state index contributed by atoms with van der Waals surface area (Å²) in [5.74, 6) is 1.13. The zero-order chi connectivity index (χ0) is 22.2. The van der Waals surface area contributed by atoms with Gasteiger partial charge in [-0.3, -0.25) is 9.59 Å². The van der Waals surface area contributed by atoms with Crippen molar-refractivity contribution in [3.8, 4) is 0 Å². The molecule has 32 heavy (non-hydrogen) atoms. The molecule has 164 valence electrons. The highest BCUT2D eigenvalue weighted by atomic mass is 35.5. The molecule has 0 bridgehead atoms. The van der Waals surface area contributed by atoms with Crippen molar-refractivity contribution in [2.45, 2.75) is 38.6 Å². The summed E-state index contributed by atoms with van der Waals surface area (Å²) in [4.78, 5) is 40.0. The number of nitrogens with zero attached hydrogens (tertiary/aromatic N) is 3. The molecule has 4 heterocycles. The smallest absolute Gasteiger partial charge is 0.264 e. The second-order valence-electron chi connectivity index (χ2n) is 7.91. The Morgan fingerprint density at radius 2 is 2.16 bits per heavy atom. The van der Waals surface area contributed by atoms with Crippen LogP contribution in [0.15, 0.2) is 46.0 Å². The predicted octanol–water partition coefficient (Wildman–Crippen LogP) is 4.89. The van der Waals surface area contributed by atoms with Gasteiger partial charge in [0, 0.05) is 18.0 Å². The number of aromatic nitrogens is 3. The first-order chi connectivity index (χ1) is 15.5. The number of hydrogen-bond acceptors (Lipinski definition) is 6. The molecule has 4 aromatic rings. The number of fused-ring (bicyclic) bond motifs is 1. The van der Waals surface area contributed by atoms with Crippen LogP contribution in [0, 0.1) is 6.92 Å². The SMILES string of the molecule is Cc1c(C(=O)N2CCCC[C@@H]2c2ncc(Cc3ccccc3Cl)o2)sc2nc[nH]c(=O)c12. The molecule has 1 atom stereocenters. The van der Waals surface area contributed by atoms with Gasteiger partial charge in [0.05, 0.1) is 22.8 Å². The Bertz CT molecular complexity index is 1360. The van der Waals surface area contributed by atoms with Crippen molar-refractivity contribution in [3.63, 3.8) is 0 Å². The number of amides is 1. The van der Waals surface area contributed by atoms with Gasteiger partial charge in [-0.1, -0.05) is 29.8 Å². The van der Waals surface area contributed by atoms with Gasteiger partial charge >= 0.3 is 0 Å². The quantitative estimate of drug-likeness (QED) is 0.460. The highest BCUT2D eigenvalue weighted by molar-refractivity contribution is 7.20. The lowest BCUT2D eigenvalue weighted by molar-refractivity contribution is 0.0574. The Morgan fingerprint density at radius 1 is 1.31 bits per heavy atom. The number of benzene rings is 1. The molecule has 1 aromatic carbocycles. The molecule has 0 radical (unpaired) electrons. The normalized spacial score (nSPS) is 16.6. The number of halogens is 1. The van der Waals surface area contributed by atoms with Crippen molar-refractivity contribution in [2.24, 2.45) is 0 Å². The highest BCUT2D eigenvalue weighted by Gasteiger charge is 2.34. The highest BCUT2D eigenvalue weighted by Crippen LogP contribution is 2.35. The van der Waals surface area contributed by atoms with Crippen LogP contribution in [0.1, 0.15) is 57.8 Å². The summed E-state index contributed by atoms with van der Waals surface area (Å²) in [6.07, 6.45) is 6.30. The number of oxazole rings is 1. The standard InChI is InChI=1S/C23H21ClN4O3S/c1-13-18-20(29)26-12-27-22(18)32-19(13)23(30)28-9-5-4-8-17(28)21-25-11-15(31-21)10-14-6-2-3-7-16(14)24/h2-3,6-7,11-12,17H,4-5,8-10H2,1H3,(H,26,27,29)/t17-/m1/s1. The van der Waals surface area contributed by atoms with E-state index in [2.05, 4.69) is 15.0 Å². The van der Waals surface area contributed by atoms with Crippen LogP contribution in [-0.4, -0.2) is 32.3 Å². The van der Waals surface area contributed by atoms with Crippen LogP contribution in [0.5, 0.6) is 0 Å². The van der Waals surface area contributed by atoms with Gasteiger partial charge in [-0.05, 0) is 43.4 Å². The fraction of sp³-hybridized carbons (Fsp3) is 0.304. The molecule has 1 N–H and O–H groups in total. The fourth-order valence-electron chi connectivity index (χ4n) is 4.23. The van der Waals surface area contributed by atoms with Crippen LogP contribution in [0.25, 0.3) is 10.2 Å². The Balaban J connectivity index is 1.44. The van der Waals surface area contributed by atoms with Crippen LogP contribution in [-0.2, 0) is 6.42 Å². The van der Waals surface area contributed by atoms with Gasteiger partial charge in [0.2, 0.25) is 5.89 Å². The van der Waals surface area contributed by atoms with E-state index in [4.69, 9.17) is 16.0 Å². The molecule has 1 amide bonds. The first-order valence-electron chi connectivity index (χ1n) is 10.5. The molecule has 1 saturated heterocycles. The second kappa shape index (κ2) is 8.52. The van der Waals surface area contributed by atoms with E-state index in [1.165, 1.54) is 17.7 Å². The molecule has 9 heteroatoms. The van der Waals surface area contributed by atoms with Crippen molar-refractivity contribution >= 4 is 39.1 Å². The van der Waals surface area contributed by atoms with Crippen molar-refractivity contribution < 1.29 is 9.21 Å². The first-order valence-corrected chi connectivity index (χ1v) is 11.7. The second-order valence-corrected chi connectivity index (χ2v) is 9.32. The minimum atomic E-state index is -0.243. The van der Waals surface area contributed by atoms with Gasteiger partial charge in [0.15, 0.2) is 0 Å². The number of likely N-dealkylation sites (tertiary alicyclic amines) is 1. The van der Waals surface area contributed by atoms with E-state index in [1.807, 2.05) is 29.2 Å². The number of aryl methyl sites for hydroxylation is 1. The van der Waals surface area contributed by atoms with Crippen LogP contribution >= 0.6 is 22.9 Å². The van der Waals surface area contributed by atoms with E-state index in [0.29, 0.717) is 50.3 Å². The minimum Gasteiger partial charge on any atom is -0.443 e. The topological polar surface area (TPSA) is 92.1 Å². The Morgan fingerprint density at radius 3 is 2.97 bits per heavy atom. The van der Waals surface area contributed by atoms with Gasteiger partial charge < -0.3 is 14.3 Å². The van der Waals surface area contributed by atoms with Gasteiger partial charge in [0.1, 0.15) is 16.6 Å². The molecule has 1 aliphatic heterocycles. The maximum Gasteiger partial charge on any atom is 0.264 e. The van der Waals surface area contributed by atoms with Crippen LogP contribution in [0.2, 0.25) is 5.02 Å². The third-order valence-electron chi connectivity index (χ3n) is 5.87. The van der Waals surface area contributed by atoms with E-state index in [9.17, 15) is 9.59 Å². The molecular weight excluding hydrogens is 448 g/mol. The summed E-state index contributed by atoms with van der Waals surface area (Å²) in [5, 5.41) is 1.16. The number of hydrogen-bond donors (Lipinski definition) is 1. The number of rotatable bonds is 4. The number of H-pyrrole nitrogens is 1. The fourth-order valence-corrected chi connectivity index (χ4v) is 5.54.